The van der Waals surface area contributed by atoms with E-state index in [1.54, 1.807) is 5.57 Å². The van der Waals surface area contributed by atoms with Gasteiger partial charge in [-0.1, -0.05) is 64.0 Å². The maximum absolute atomic E-state index is 10.1. The summed E-state index contributed by atoms with van der Waals surface area (Å²) in [4.78, 5) is 0. The zero-order chi connectivity index (χ0) is 19.7. The highest BCUT2D eigenvalue weighted by molar-refractivity contribution is 5.28. The third kappa shape index (κ3) is 3.46. The lowest BCUT2D eigenvalue weighted by Gasteiger charge is -2.53. The minimum atomic E-state index is -0.124. The largest absolute Gasteiger partial charge is 0.198 e. The molecular formula is C26H39N. The van der Waals surface area contributed by atoms with Crippen molar-refractivity contribution in [3.05, 3.63) is 36.0 Å². The molecule has 0 aromatic carbocycles. The van der Waals surface area contributed by atoms with Crippen molar-refractivity contribution in [2.75, 3.05) is 0 Å². The van der Waals surface area contributed by atoms with E-state index in [0.29, 0.717) is 0 Å². The minimum Gasteiger partial charge on any atom is -0.198 e. The van der Waals surface area contributed by atoms with E-state index in [0.717, 1.165) is 36.5 Å². The summed E-state index contributed by atoms with van der Waals surface area (Å²) in [5.41, 5.74) is 3.17. The third-order valence-electron chi connectivity index (χ3n) is 8.63. The van der Waals surface area contributed by atoms with Gasteiger partial charge in [-0.15, -0.1) is 0 Å². The van der Waals surface area contributed by atoms with Crippen molar-refractivity contribution < 1.29 is 0 Å². The first-order valence-electron chi connectivity index (χ1n) is 11.3. The first-order valence-corrected chi connectivity index (χ1v) is 11.3. The van der Waals surface area contributed by atoms with Crippen LogP contribution in [0, 0.1) is 45.8 Å². The Morgan fingerprint density at radius 3 is 2.70 bits per heavy atom. The van der Waals surface area contributed by atoms with Gasteiger partial charge in [0.25, 0.3) is 0 Å². The van der Waals surface area contributed by atoms with Crippen LogP contribution >= 0.6 is 0 Å². The van der Waals surface area contributed by atoms with Crippen LogP contribution < -0.4 is 0 Å². The van der Waals surface area contributed by atoms with Gasteiger partial charge in [0.1, 0.15) is 0 Å². The molecule has 1 heteroatoms. The molecule has 0 spiro atoms. The molecule has 3 fully saturated rings. The summed E-state index contributed by atoms with van der Waals surface area (Å²) in [5, 5.41) is 10.1. The summed E-state index contributed by atoms with van der Waals surface area (Å²) in [6.07, 6.45) is 17.8. The Labute approximate surface area is 167 Å². The van der Waals surface area contributed by atoms with Gasteiger partial charge < -0.3 is 0 Å². The highest BCUT2D eigenvalue weighted by atomic mass is 14.7. The second-order valence-corrected chi connectivity index (χ2v) is 9.98. The lowest BCUT2D eigenvalue weighted by atomic mass is 9.51. The summed E-state index contributed by atoms with van der Waals surface area (Å²) in [7, 11) is 0. The molecule has 6 unspecified atom stereocenters. The van der Waals surface area contributed by atoms with Crippen molar-refractivity contribution in [1.82, 2.24) is 0 Å². The Morgan fingerprint density at radius 1 is 1.30 bits per heavy atom. The van der Waals surface area contributed by atoms with Gasteiger partial charge in [0.05, 0.1) is 11.5 Å². The van der Waals surface area contributed by atoms with E-state index in [4.69, 9.17) is 0 Å². The number of nitrogens with zero attached hydrogens (tertiary/aromatic N) is 1. The van der Waals surface area contributed by atoms with Crippen LogP contribution in [0.15, 0.2) is 36.0 Å². The van der Waals surface area contributed by atoms with Crippen molar-refractivity contribution >= 4 is 0 Å². The van der Waals surface area contributed by atoms with Gasteiger partial charge in [0, 0.05) is 0 Å². The van der Waals surface area contributed by atoms with Crippen LogP contribution in [0.1, 0.15) is 85.5 Å². The van der Waals surface area contributed by atoms with Crippen molar-refractivity contribution in [3.63, 3.8) is 0 Å². The molecule has 0 aromatic heterocycles. The highest BCUT2D eigenvalue weighted by Gasteiger charge is 2.63. The average molecular weight is 366 g/mol. The molecule has 3 aliphatic rings. The lowest BCUT2D eigenvalue weighted by molar-refractivity contribution is -0.0302. The molecule has 3 aliphatic carbocycles. The number of allylic oxidation sites excluding steroid dienone is 5. The number of nitriles is 1. The van der Waals surface area contributed by atoms with E-state index in [9.17, 15) is 5.26 Å². The average Bonchev–Trinajstić information content (AvgIpc) is 2.89. The van der Waals surface area contributed by atoms with E-state index in [1.165, 1.54) is 50.5 Å². The van der Waals surface area contributed by atoms with Crippen molar-refractivity contribution in [3.8, 4) is 6.07 Å². The van der Waals surface area contributed by atoms with Gasteiger partial charge in [0.15, 0.2) is 0 Å². The molecule has 0 amide bonds. The molecule has 0 radical (unpaired) electrons. The zero-order valence-corrected chi connectivity index (χ0v) is 18.1. The topological polar surface area (TPSA) is 23.8 Å². The fourth-order valence-electron chi connectivity index (χ4n) is 7.13. The quantitative estimate of drug-likeness (QED) is 0.460. The summed E-state index contributed by atoms with van der Waals surface area (Å²) in [6.45, 7) is 13.2. The standard InChI is InChI=1S/C26H39N/c1-6-9-19(8-3)15-20-11-12-23-21(16-20)13-14-26(5)24(23)22(10-7-2)17-25(26,4)18-27/h6,9,15,21-24H,1,7-8,10-14,16-17H2,2-5H3/b19-9-,20-15-. The SMILES string of the molecule is C=C/C=C(\C=C1\CCC2C(CCC3(C)C2C(CCC)CC3(C)C#N)C1)CC. The van der Waals surface area contributed by atoms with Crippen LogP contribution in [0.4, 0.5) is 0 Å². The van der Waals surface area contributed by atoms with Crippen LogP contribution in [-0.2, 0) is 0 Å². The molecule has 0 aliphatic heterocycles. The fourth-order valence-corrected chi connectivity index (χ4v) is 7.13. The van der Waals surface area contributed by atoms with Gasteiger partial charge >= 0.3 is 0 Å². The van der Waals surface area contributed by atoms with E-state index < -0.39 is 0 Å². The first kappa shape index (κ1) is 20.4. The zero-order valence-electron chi connectivity index (χ0n) is 18.1. The van der Waals surface area contributed by atoms with Crippen molar-refractivity contribution in [1.29, 1.82) is 5.26 Å². The van der Waals surface area contributed by atoms with Gasteiger partial charge in [-0.2, -0.15) is 5.26 Å². The van der Waals surface area contributed by atoms with Crippen LogP contribution in [0.5, 0.6) is 0 Å². The number of fused-ring (bicyclic) bond motifs is 3. The molecule has 0 saturated heterocycles. The van der Waals surface area contributed by atoms with E-state index in [1.807, 2.05) is 6.08 Å². The van der Waals surface area contributed by atoms with Crippen LogP contribution in [0.3, 0.4) is 0 Å². The second kappa shape index (κ2) is 7.98. The molecule has 0 N–H and O–H groups in total. The molecule has 3 saturated carbocycles. The number of hydrogen-bond donors (Lipinski definition) is 0. The van der Waals surface area contributed by atoms with Gasteiger partial charge in [-0.05, 0) is 86.5 Å². The van der Waals surface area contributed by atoms with Crippen molar-refractivity contribution in [2.45, 2.75) is 85.5 Å². The van der Waals surface area contributed by atoms with E-state index >= 15 is 0 Å². The van der Waals surface area contributed by atoms with Gasteiger partial charge in [0.2, 0.25) is 0 Å². The lowest BCUT2D eigenvalue weighted by Crippen LogP contribution is -2.47. The fraction of sp³-hybridized carbons (Fsp3) is 0.731. The number of hydrogen-bond acceptors (Lipinski definition) is 1. The minimum absolute atomic E-state index is 0.124. The maximum atomic E-state index is 10.1. The normalized spacial score (nSPS) is 43.1. The van der Waals surface area contributed by atoms with Crippen LogP contribution in [0.25, 0.3) is 0 Å². The van der Waals surface area contributed by atoms with Crippen LogP contribution in [-0.4, -0.2) is 0 Å². The maximum Gasteiger partial charge on any atom is 0.0692 e. The Kier molecular flexibility index (Phi) is 6.05. The molecule has 0 aromatic rings. The molecule has 1 nitrogen and oxygen atoms in total. The molecule has 6 atom stereocenters. The predicted molar refractivity (Wildman–Crippen MR) is 115 cm³/mol. The first-order chi connectivity index (χ1) is 12.9. The smallest absolute Gasteiger partial charge is 0.0692 e. The monoisotopic (exact) mass is 365 g/mol. The Morgan fingerprint density at radius 2 is 2.07 bits per heavy atom. The Bertz CT molecular complexity index is 662. The van der Waals surface area contributed by atoms with Gasteiger partial charge in [-0.25, -0.2) is 0 Å². The van der Waals surface area contributed by atoms with E-state index in [2.05, 4.69) is 52.5 Å². The molecule has 148 valence electrons. The summed E-state index contributed by atoms with van der Waals surface area (Å²) < 4.78 is 0. The summed E-state index contributed by atoms with van der Waals surface area (Å²) >= 11 is 0. The van der Waals surface area contributed by atoms with Gasteiger partial charge in [-0.3, -0.25) is 0 Å². The third-order valence-corrected chi connectivity index (χ3v) is 8.63. The Hall–Kier alpha value is -1.29. The molecule has 0 bridgehead atoms. The predicted octanol–water partition coefficient (Wildman–Crippen LogP) is 7.62. The summed E-state index contributed by atoms with van der Waals surface area (Å²) in [6, 6.07) is 2.79. The molecular weight excluding hydrogens is 326 g/mol. The molecule has 27 heavy (non-hydrogen) atoms. The molecule has 0 heterocycles. The van der Waals surface area contributed by atoms with Crippen LogP contribution in [0.2, 0.25) is 0 Å². The highest BCUT2D eigenvalue weighted by Crippen LogP contribution is 2.68. The number of rotatable bonds is 5. The molecule has 3 rings (SSSR count). The van der Waals surface area contributed by atoms with Crippen molar-refractivity contribution in [2.24, 2.45) is 34.5 Å². The summed E-state index contributed by atoms with van der Waals surface area (Å²) in [5.74, 6) is 3.19. The van der Waals surface area contributed by atoms with E-state index in [-0.39, 0.29) is 10.8 Å². The second-order valence-electron chi connectivity index (χ2n) is 9.98. The Balaban J connectivity index is 1.85.